The summed E-state index contributed by atoms with van der Waals surface area (Å²) in [5.41, 5.74) is 12.7. The van der Waals surface area contributed by atoms with E-state index < -0.39 is 0 Å². The van der Waals surface area contributed by atoms with Crippen LogP contribution >= 0.6 is 0 Å². The fourth-order valence-corrected chi connectivity index (χ4v) is 8.90. The highest BCUT2D eigenvalue weighted by molar-refractivity contribution is 6.14. The quantitative estimate of drug-likeness (QED) is 0.155. The molecule has 4 nitrogen and oxygen atoms in total. The minimum atomic E-state index is 0.234. The van der Waals surface area contributed by atoms with Crippen molar-refractivity contribution < 1.29 is 4.42 Å². The Morgan fingerprint density at radius 2 is 1.17 bits per heavy atom. The average molecular weight is 820 g/mol. The van der Waals surface area contributed by atoms with E-state index in [-0.39, 0.29) is 6.04 Å². The van der Waals surface area contributed by atoms with Crippen molar-refractivity contribution in [3.8, 4) is 0 Å². The second-order valence-electron chi connectivity index (χ2n) is 16.3. The van der Waals surface area contributed by atoms with Gasteiger partial charge in [-0.05, 0) is 131 Å². The standard InChI is InChI=1S/C28H25NO.C20H15N.C7H8.C4H5N/c1-17-18(2)30-28-26(16-20-10-4-6-12-22(20)27(17)28)29-25-15-19-9-3-5-11-21(19)23-13-7-8-14-24(23)25;1-2-9-16(10-3-1)21-20-14-15-8-4-5-11-17(15)18-12-6-7-13-19(18)20;1-7-5-3-2-4-6-7;1-2-4-5-3-1/h3-4,6-10,12-14,16,25,29H,5,11,15H2,1-2H3;1-14,21H;2-6H,1H3;1-5H. The maximum atomic E-state index is 6.29. The summed E-state index contributed by atoms with van der Waals surface area (Å²) in [6.07, 6.45) is 11.7. The smallest absolute Gasteiger partial charge is 0.158 e. The summed E-state index contributed by atoms with van der Waals surface area (Å²) in [5, 5.41) is 16.3. The fraction of sp³-hybridized carbons (Fsp3) is 0.119. The number of benzene rings is 8. The molecule has 4 heteroatoms. The van der Waals surface area contributed by atoms with Gasteiger partial charge < -0.3 is 20.0 Å². The van der Waals surface area contributed by atoms with E-state index in [2.05, 4.69) is 182 Å². The molecule has 1 atom stereocenters. The predicted octanol–water partition coefficient (Wildman–Crippen LogP) is 16.6. The van der Waals surface area contributed by atoms with Crippen LogP contribution in [0.15, 0.2) is 217 Å². The minimum absolute atomic E-state index is 0.234. The summed E-state index contributed by atoms with van der Waals surface area (Å²) in [6, 6.07) is 63.8. The number of hydrogen-bond acceptors (Lipinski definition) is 3. The molecule has 0 aliphatic heterocycles. The summed E-state index contributed by atoms with van der Waals surface area (Å²) in [7, 11) is 0. The van der Waals surface area contributed by atoms with Crippen LogP contribution in [0.2, 0.25) is 0 Å². The van der Waals surface area contributed by atoms with Gasteiger partial charge in [0.1, 0.15) is 5.76 Å². The Morgan fingerprint density at radius 3 is 1.87 bits per heavy atom. The number of aryl methyl sites for hydroxylation is 3. The molecule has 63 heavy (non-hydrogen) atoms. The van der Waals surface area contributed by atoms with Crippen LogP contribution in [0.25, 0.3) is 48.9 Å². The molecule has 0 saturated heterocycles. The zero-order valence-electron chi connectivity index (χ0n) is 36.2. The molecule has 0 bridgehead atoms. The van der Waals surface area contributed by atoms with Crippen LogP contribution in [-0.4, -0.2) is 4.98 Å². The second-order valence-corrected chi connectivity index (χ2v) is 16.3. The maximum Gasteiger partial charge on any atom is 0.158 e. The lowest BCUT2D eigenvalue weighted by molar-refractivity contribution is 0.575. The van der Waals surface area contributed by atoms with Crippen molar-refractivity contribution in [1.29, 1.82) is 0 Å². The van der Waals surface area contributed by atoms with Gasteiger partial charge in [-0.15, -0.1) is 0 Å². The number of allylic oxidation sites excluding steroid dienone is 3. The number of hydrogen-bond donors (Lipinski definition) is 3. The number of para-hydroxylation sites is 1. The summed E-state index contributed by atoms with van der Waals surface area (Å²) < 4.78 is 6.29. The van der Waals surface area contributed by atoms with Crippen LogP contribution in [0, 0.1) is 20.8 Å². The largest absolute Gasteiger partial charge is 0.459 e. The maximum absolute atomic E-state index is 6.29. The molecular formula is C59H53N3O. The number of anilines is 3. The Hall–Kier alpha value is -7.56. The first kappa shape index (κ1) is 40.8. The van der Waals surface area contributed by atoms with Gasteiger partial charge in [0.2, 0.25) is 0 Å². The highest BCUT2D eigenvalue weighted by Gasteiger charge is 2.27. The summed E-state index contributed by atoms with van der Waals surface area (Å²) in [6.45, 7) is 6.31. The lowest BCUT2D eigenvalue weighted by atomic mass is 9.78. The number of aromatic amines is 1. The molecule has 0 saturated carbocycles. The van der Waals surface area contributed by atoms with Gasteiger partial charge in [0.15, 0.2) is 5.58 Å². The van der Waals surface area contributed by atoms with E-state index in [1.807, 2.05) is 60.9 Å². The SMILES string of the molecule is Cc1ccccc1.Cc1oc2c(NC3CC4=C(CCC=C4)c4ccccc43)cc3ccccc3c2c1C.c1cc[nH]c1.c1ccc(Nc2cc3ccccc3c3ccccc23)cc1. The molecule has 0 fully saturated rings. The zero-order valence-corrected chi connectivity index (χ0v) is 36.2. The van der Waals surface area contributed by atoms with Gasteiger partial charge in [0.05, 0.1) is 11.7 Å². The van der Waals surface area contributed by atoms with Crippen molar-refractivity contribution in [2.45, 2.75) is 46.1 Å². The number of nitrogens with one attached hydrogen (secondary N) is 3. The van der Waals surface area contributed by atoms with E-state index in [4.69, 9.17) is 4.42 Å². The Morgan fingerprint density at radius 1 is 0.571 bits per heavy atom. The molecule has 2 aliphatic rings. The monoisotopic (exact) mass is 819 g/mol. The zero-order chi connectivity index (χ0) is 43.0. The van der Waals surface area contributed by atoms with Crippen LogP contribution in [0.5, 0.6) is 0 Å². The molecule has 12 rings (SSSR count). The molecule has 10 aromatic rings. The summed E-state index contributed by atoms with van der Waals surface area (Å²) in [5.74, 6) is 0.994. The highest BCUT2D eigenvalue weighted by atomic mass is 16.3. The van der Waals surface area contributed by atoms with Crippen molar-refractivity contribution in [3.05, 3.63) is 240 Å². The van der Waals surface area contributed by atoms with Crippen molar-refractivity contribution >= 4 is 65.9 Å². The molecule has 3 N–H and O–H groups in total. The van der Waals surface area contributed by atoms with E-state index in [0.29, 0.717) is 0 Å². The topological polar surface area (TPSA) is 53.0 Å². The normalized spacial score (nSPS) is 13.8. The third-order valence-corrected chi connectivity index (χ3v) is 12.1. The molecular weight excluding hydrogens is 767 g/mol. The van der Waals surface area contributed by atoms with Crippen LogP contribution in [0.4, 0.5) is 17.1 Å². The number of furan rings is 1. The van der Waals surface area contributed by atoms with Crippen molar-refractivity contribution in [3.63, 3.8) is 0 Å². The van der Waals surface area contributed by atoms with Crippen molar-refractivity contribution in [1.82, 2.24) is 4.98 Å². The molecule has 8 aromatic carbocycles. The third kappa shape index (κ3) is 9.07. The van der Waals surface area contributed by atoms with E-state index in [9.17, 15) is 0 Å². The van der Waals surface area contributed by atoms with Gasteiger partial charge in [-0.2, -0.15) is 0 Å². The molecule has 0 amide bonds. The van der Waals surface area contributed by atoms with Crippen LogP contribution in [0.1, 0.15) is 53.3 Å². The molecule has 2 aliphatic carbocycles. The fourth-order valence-electron chi connectivity index (χ4n) is 8.90. The third-order valence-electron chi connectivity index (χ3n) is 12.1. The van der Waals surface area contributed by atoms with Crippen molar-refractivity contribution in [2.24, 2.45) is 0 Å². The highest BCUT2D eigenvalue weighted by Crippen LogP contribution is 2.45. The average Bonchev–Trinajstić information content (AvgIpc) is 4.03. The predicted molar refractivity (Wildman–Crippen MR) is 269 cm³/mol. The summed E-state index contributed by atoms with van der Waals surface area (Å²) in [4.78, 5) is 2.86. The molecule has 0 spiro atoms. The lowest BCUT2D eigenvalue weighted by Gasteiger charge is -2.32. The lowest BCUT2D eigenvalue weighted by Crippen LogP contribution is -2.18. The van der Waals surface area contributed by atoms with Gasteiger partial charge in [-0.3, -0.25) is 0 Å². The molecule has 0 radical (unpaired) electrons. The van der Waals surface area contributed by atoms with Gasteiger partial charge in [-0.1, -0.05) is 163 Å². The van der Waals surface area contributed by atoms with E-state index in [1.54, 1.807) is 0 Å². The van der Waals surface area contributed by atoms with Crippen molar-refractivity contribution in [2.75, 3.05) is 10.6 Å². The van der Waals surface area contributed by atoms with E-state index in [1.165, 1.54) is 71.1 Å². The molecule has 2 heterocycles. The minimum Gasteiger partial charge on any atom is -0.459 e. The first-order valence-corrected chi connectivity index (χ1v) is 22.0. The molecule has 2 aromatic heterocycles. The first-order chi connectivity index (χ1) is 31.0. The Balaban J connectivity index is 0.000000131. The first-order valence-electron chi connectivity index (χ1n) is 22.0. The number of fused-ring (bicyclic) bond motifs is 8. The van der Waals surface area contributed by atoms with Crippen LogP contribution < -0.4 is 10.6 Å². The van der Waals surface area contributed by atoms with Crippen LogP contribution in [0.3, 0.4) is 0 Å². The van der Waals surface area contributed by atoms with Gasteiger partial charge >= 0.3 is 0 Å². The Labute approximate surface area is 370 Å². The van der Waals surface area contributed by atoms with Gasteiger partial charge in [0, 0.05) is 34.5 Å². The van der Waals surface area contributed by atoms with E-state index >= 15 is 0 Å². The second kappa shape index (κ2) is 19.0. The van der Waals surface area contributed by atoms with Gasteiger partial charge in [0.25, 0.3) is 0 Å². The number of rotatable bonds is 4. The number of H-pyrrole nitrogens is 1. The molecule has 310 valence electrons. The molecule has 1 unspecified atom stereocenters. The van der Waals surface area contributed by atoms with Gasteiger partial charge in [-0.25, -0.2) is 0 Å². The van der Waals surface area contributed by atoms with E-state index in [0.717, 1.165) is 47.7 Å². The Bertz CT molecular complexity index is 3160. The Kier molecular flexibility index (Phi) is 12.3. The number of aromatic nitrogens is 1. The summed E-state index contributed by atoms with van der Waals surface area (Å²) >= 11 is 0. The van der Waals surface area contributed by atoms with Crippen LogP contribution in [-0.2, 0) is 0 Å².